The smallest absolute Gasteiger partial charge is 0.140 e. The van der Waals surface area contributed by atoms with E-state index in [1.165, 1.54) is 25.7 Å². The van der Waals surface area contributed by atoms with Gasteiger partial charge >= 0.3 is 0 Å². The van der Waals surface area contributed by atoms with Crippen molar-refractivity contribution in [2.75, 3.05) is 6.54 Å². The molecule has 2 fully saturated rings. The van der Waals surface area contributed by atoms with E-state index in [0.717, 1.165) is 12.4 Å². The minimum Gasteiger partial charge on any atom is -0.329 e. The van der Waals surface area contributed by atoms with Crippen molar-refractivity contribution in [2.45, 2.75) is 37.1 Å². The van der Waals surface area contributed by atoms with Crippen LogP contribution in [0.4, 0.5) is 0 Å². The summed E-state index contributed by atoms with van der Waals surface area (Å²) in [7, 11) is 0. The minimum atomic E-state index is 0.194. The zero-order chi connectivity index (χ0) is 8.89. The molecule has 0 unspecified atom stereocenters. The monoisotopic (exact) mass is 178 g/mol. The van der Waals surface area contributed by atoms with E-state index in [1.807, 2.05) is 6.33 Å². The van der Waals surface area contributed by atoms with Gasteiger partial charge in [0.15, 0.2) is 0 Å². The standard InChI is InChI=1S/C9H14N4/c10-5-9(3-4-9)8-12-11-6-13(8)7-1-2-7/h6-7H,1-5,10H2. The van der Waals surface area contributed by atoms with Gasteiger partial charge in [0.05, 0.1) is 0 Å². The summed E-state index contributed by atoms with van der Waals surface area (Å²) >= 11 is 0. The zero-order valence-corrected chi connectivity index (χ0v) is 7.61. The number of rotatable bonds is 3. The molecule has 2 aliphatic rings. The summed E-state index contributed by atoms with van der Waals surface area (Å²) in [5.74, 6) is 1.14. The molecule has 0 atom stereocenters. The van der Waals surface area contributed by atoms with Crippen LogP contribution in [-0.2, 0) is 5.41 Å². The van der Waals surface area contributed by atoms with Gasteiger partial charge in [-0.25, -0.2) is 0 Å². The highest BCUT2D eigenvalue weighted by Crippen LogP contribution is 2.48. The van der Waals surface area contributed by atoms with E-state index in [4.69, 9.17) is 5.73 Å². The van der Waals surface area contributed by atoms with Crippen LogP contribution in [0.2, 0.25) is 0 Å². The van der Waals surface area contributed by atoms with Gasteiger partial charge in [-0.1, -0.05) is 0 Å². The van der Waals surface area contributed by atoms with E-state index in [0.29, 0.717) is 6.04 Å². The van der Waals surface area contributed by atoms with Crippen LogP contribution < -0.4 is 5.73 Å². The molecule has 0 saturated heterocycles. The molecule has 4 heteroatoms. The van der Waals surface area contributed by atoms with Crippen molar-refractivity contribution < 1.29 is 0 Å². The van der Waals surface area contributed by atoms with Crippen LogP contribution in [0.5, 0.6) is 0 Å². The van der Waals surface area contributed by atoms with Crippen LogP contribution >= 0.6 is 0 Å². The molecule has 0 aliphatic heterocycles. The molecule has 3 rings (SSSR count). The average Bonchev–Trinajstić information content (AvgIpc) is 3.07. The largest absolute Gasteiger partial charge is 0.329 e. The predicted octanol–water partition coefficient (Wildman–Crippen LogP) is 0.603. The Morgan fingerprint density at radius 3 is 2.85 bits per heavy atom. The topological polar surface area (TPSA) is 56.7 Å². The van der Waals surface area contributed by atoms with Crippen molar-refractivity contribution in [1.82, 2.24) is 14.8 Å². The molecule has 0 radical (unpaired) electrons. The van der Waals surface area contributed by atoms with Crippen molar-refractivity contribution in [3.8, 4) is 0 Å². The number of nitrogens with zero attached hydrogens (tertiary/aromatic N) is 3. The van der Waals surface area contributed by atoms with Gasteiger partial charge in [0, 0.05) is 18.0 Å². The summed E-state index contributed by atoms with van der Waals surface area (Å²) in [5.41, 5.74) is 5.96. The van der Waals surface area contributed by atoms with Crippen LogP contribution in [0.25, 0.3) is 0 Å². The lowest BCUT2D eigenvalue weighted by Gasteiger charge is -2.12. The number of aromatic nitrogens is 3. The lowest BCUT2D eigenvalue weighted by atomic mass is 10.1. The molecular formula is C9H14N4. The van der Waals surface area contributed by atoms with E-state index < -0.39 is 0 Å². The molecule has 1 aromatic rings. The molecule has 0 aromatic carbocycles. The van der Waals surface area contributed by atoms with Gasteiger partial charge in [0.2, 0.25) is 0 Å². The average molecular weight is 178 g/mol. The van der Waals surface area contributed by atoms with Gasteiger partial charge < -0.3 is 10.3 Å². The van der Waals surface area contributed by atoms with Crippen molar-refractivity contribution in [3.05, 3.63) is 12.2 Å². The van der Waals surface area contributed by atoms with Crippen molar-refractivity contribution in [2.24, 2.45) is 5.73 Å². The summed E-state index contributed by atoms with van der Waals surface area (Å²) in [6, 6.07) is 0.675. The fourth-order valence-electron chi connectivity index (χ4n) is 1.91. The number of hydrogen-bond acceptors (Lipinski definition) is 3. The number of nitrogens with two attached hydrogens (primary N) is 1. The third kappa shape index (κ3) is 1.01. The predicted molar refractivity (Wildman–Crippen MR) is 48.3 cm³/mol. The summed E-state index contributed by atoms with van der Waals surface area (Å²) < 4.78 is 2.24. The third-order valence-corrected chi connectivity index (χ3v) is 3.23. The van der Waals surface area contributed by atoms with E-state index in [1.54, 1.807) is 0 Å². The molecule has 0 bridgehead atoms. The maximum atomic E-state index is 5.77. The Morgan fingerprint density at radius 1 is 1.54 bits per heavy atom. The quantitative estimate of drug-likeness (QED) is 0.737. The Kier molecular flexibility index (Phi) is 1.34. The first-order valence-corrected chi connectivity index (χ1v) is 4.96. The van der Waals surface area contributed by atoms with Crippen LogP contribution in [0.3, 0.4) is 0 Å². The van der Waals surface area contributed by atoms with Crippen LogP contribution in [0.1, 0.15) is 37.5 Å². The van der Waals surface area contributed by atoms with E-state index >= 15 is 0 Å². The minimum absolute atomic E-state index is 0.194. The molecule has 4 nitrogen and oxygen atoms in total. The van der Waals surface area contributed by atoms with Gasteiger partial charge in [-0.15, -0.1) is 10.2 Å². The Balaban J connectivity index is 1.98. The molecule has 0 spiro atoms. The van der Waals surface area contributed by atoms with E-state index in [9.17, 15) is 0 Å². The molecule has 2 N–H and O–H groups in total. The molecule has 70 valence electrons. The maximum absolute atomic E-state index is 5.77. The summed E-state index contributed by atoms with van der Waals surface area (Å²) in [6.07, 6.45) is 6.81. The summed E-state index contributed by atoms with van der Waals surface area (Å²) in [4.78, 5) is 0. The van der Waals surface area contributed by atoms with Gasteiger partial charge in [-0.3, -0.25) is 0 Å². The maximum Gasteiger partial charge on any atom is 0.140 e. The first-order valence-electron chi connectivity index (χ1n) is 4.96. The van der Waals surface area contributed by atoms with Gasteiger partial charge in [-0.2, -0.15) is 0 Å². The Morgan fingerprint density at radius 2 is 2.31 bits per heavy atom. The highest BCUT2D eigenvalue weighted by Gasteiger charge is 2.48. The molecular weight excluding hydrogens is 164 g/mol. The molecule has 2 saturated carbocycles. The Labute approximate surface area is 77.1 Å². The van der Waals surface area contributed by atoms with Crippen molar-refractivity contribution in [3.63, 3.8) is 0 Å². The summed E-state index contributed by atoms with van der Waals surface area (Å²) in [5, 5.41) is 8.21. The first-order chi connectivity index (χ1) is 6.36. The molecule has 1 aromatic heterocycles. The fourth-order valence-corrected chi connectivity index (χ4v) is 1.91. The molecule has 2 aliphatic carbocycles. The van der Waals surface area contributed by atoms with E-state index in [-0.39, 0.29) is 5.41 Å². The lowest BCUT2D eigenvalue weighted by molar-refractivity contribution is 0.576. The van der Waals surface area contributed by atoms with Crippen molar-refractivity contribution >= 4 is 0 Å². The zero-order valence-electron chi connectivity index (χ0n) is 7.61. The third-order valence-electron chi connectivity index (χ3n) is 3.23. The van der Waals surface area contributed by atoms with Gasteiger partial charge in [-0.05, 0) is 25.7 Å². The second kappa shape index (κ2) is 2.32. The molecule has 13 heavy (non-hydrogen) atoms. The summed E-state index contributed by atoms with van der Waals surface area (Å²) in [6.45, 7) is 0.721. The highest BCUT2D eigenvalue weighted by molar-refractivity contribution is 5.20. The van der Waals surface area contributed by atoms with Gasteiger partial charge in [0.25, 0.3) is 0 Å². The van der Waals surface area contributed by atoms with E-state index in [2.05, 4.69) is 14.8 Å². The van der Waals surface area contributed by atoms with Gasteiger partial charge in [0.1, 0.15) is 12.2 Å². The second-order valence-corrected chi connectivity index (χ2v) is 4.28. The number of hydrogen-bond donors (Lipinski definition) is 1. The van der Waals surface area contributed by atoms with Crippen LogP contribution in [-0.4, -0.2) is 21.3 Å². The van der Waals surface area contributed by atoms with Crippen LogP contribution in [0, 0.1) is 0 Å². The lowest BCUT2D eigenvalue weighted by Crippen LogP contribution is -2.24. The fraction of sp³-hybridized carbons (Fsp3) is 0.778. The Bertz CT molecular complexity index is 322. The Hall–Kier alpha value is -0.900. The molecule has 1 heterocycles. The molecule has 0 amide bonds. The van der Waals surface area contributed by atoms with Crippen LogP contribution in [0.15, 0.2) is 6.33 Å². The normalized spacial score (nSPS) is 24.7. The first kappa shape index (κ1) is 7.50. The highest BCUT2D eigenvalue weighted by atomic mass is 15.3. The second-order valence-electron chi connectivity index (χ2n) is 4.28. The van der Waals surface area contributed by atoms with Crippen molar-refractivity contribution in [1.29, 1.82) is 0 Å². The SMILES string of the molecule is NCC1(c2nncn2C2CC2)CC1.